The van der Waals surface area contributed by atoms with Gasteiger partial charge in [0.1, 0.15) is 0 Å². The molecular weight excluding hydrogens is 240 g/mol. The average molecular weight is 244 g/mol. The molecule has 2 nitrogen and oxygen atoms in total. The summed E-state index contributed by atoms with van der Waals surface area (Å²) >= 11 is 0.983. The van der Waals surface area contributed by atoms with E-state index in [1.165, 1.54) is 12.1 Å². The molecule has 0 fully saturated rings. The van der Waals surface area contributed by atoms with Crippen LogP contribution in [0.3, 0.4) is 0 Å². The van der Waals surface area contributed by atoms with Crippen molar-refractivity contribution in [2.45, 2.75) is 6.18 Å². The first kappa shape index (κ1) is 14.7. The van der Waals surface area contributed by atoms with Crippen LogP contribution in [0.25, 0.3) is 0 Å². The molecule has 0 amide bonds. The fraction of sp³-hybridized carbons (Fsp3) is 0.125. The van der Waals surface area contributed by atoms with Gasteiger partial charge in [-0.3, -0.25) is 4.79 Å². The van der Waals surface area contributed by atoms with Crippen molar-refractivity contribution >= 4 is 17.1 Å². The molecule has 0 aliphatic carbocycles. The first-order valence-corrected chi connectivity index (χ1v) is 4.33. The minimum atomic E-state index is -4.98. The predicted molar refractivity (Wildman–Crippen MR) is 42.8 cm³/mol. The van der Waals surface area contributed by atoms with Gasteiger partial charge >= 0.3 is 35.7 Å². The summed E-state index contributed by atoms with van der Waals surface area (Å²) in [5, 5.41) is 11.9. The third-order valence-electron chi connectivity index (χ3n) is 1.31. The van der Waals surface area contributed by atoms with Crippen molar-refractivity contribution in [1.29, 1.82) is 0 Å². The first-order valence-electron chi connectivity index (χ1n) is 3.45. The summed E-state index contributed by atoms with van der Waals surface area (Å²) < 4.78 is 35.2. The van der Waals surface area contributed by atoms with Crippen molar-refractivity contribution < 1.29 is 52.6 Å². The van der Waals surface area contributed by atoms with Gasteiger partial charge in [-0.2, -0.15) is 13.2 Å². The smallest absolute Gasteiger partial charge is 0.869 e. The third kappa shape index (κ3) is 4.38. The number of rotatable bonds is 2. The van der Waals surface area contributed by atoms with Gasteiger partial charge < -0.3 is 5.11 Å². The van der Waals surface area contributed by atoms with Gasteiger partial charge in [0.15, 0.2) is 5.78 Å². The normalized spacial score (nSPS) is 12.1. The van der Waals surface area contributed by atoms with E-state index in [0.29, 0.717) is 0 Å². The van der Waals surface area contributed by atoms with E-state index < -0.39 is 17.7 Å². The molecule has 0 aliphatic rings. The standard InChI is InChI=1S/C8H5F3O2S.Na/c9-8(10,11)7(13)4-5(12)6-2-1-3-14-6;/h1-4,13H;/q;+1/p-1/b7-4-;. The number of allylic oxidation sites excluding steroid dienone is 2. The van der Waals surface area contributed by atoms with Crippen LogP contribution in [0.4, 0.5) is 13.2 Å². The molecule has 0 bridgehead atoms. The van der Waals surface area contributed by atoms with Crippen LogP contribution in [0.2, 0.25) is 0 Å². The molecule has 0 saturated heterocycles. The van der Waals surface area contributed by atoms with Gasteiger partial charge in [0, 0.05) is 0 Å². The Morgan fingerprint density at radius 1 is 1.47 bits per heavy atom. The zero-order valence-electron chi connectivity index (χ0n) is 7.67. The Balaban J connectivity index is 0.00000196. The van der Waals surface area contributed by atoms with E-state index in [1.54, 1.807) is 5.38 Å². The zero-order chi connectivity index (χ0) is 10.8. The van der Waals surface area contributed by atoms with E-state index in [2.05, 4.69) is 0 Å². The third-order valence-corrected chi connectivity index (χ3v) is 2.19. The van der Waals surface area contributed by atoms with Crippen molar-refractivity contribution in [2.24, 2.45) is 0 Å². The van der Waals surface area contributed by atoms with Crippen LogP contribution in [-0.4, -0.2) is 12.0 Å². The number of carbonyl (C=O) groups is 1. The Morgan fingerprint density at radius 3 is 2.47 bits per heavy atom. The SMILES string of the molecule is O=C(/C=C(\[O-])C(F)(F)F)c1cccs1.[Na+]. The number of thiophene rings is 1. The Morgan fingerprint density at radius 2 is 2.07 bits per heavy atom. The number of carbonyl (C=O) groups excluding carboxylic acids is 1. The first-order chi connectivity index (χ1) is 6.41. The molecule has 0 radical (unpaired) electrons. The number of hydrogen-bond acceptors (Lipinski definition) is 3. The fourth-order valence-corrected chi connectivity index (χ4v) is 1.33. The van der Waals surface area contributed by atoms with Crippen LogP contribution < -0.4 is 34.7 Å². The summed E-state index contributed by atoms with van der Waals surface area (Å²) in [5.41, 5.74) is 0. The molecule has 0 N–H and O–H groups in total. The minimum absolute atomic E-state index is 0. The molecule has 1 rings (SSSR count). The van der Waals surface area contributed by atoms with E-state index >= 15 is 0 Å². The molecule has 0 atom stereocenters. The number of alkyl halides is 3. The second-order valence-corrected chi connectivity index (χ2v) is 3.30. The van der Waals surface area contributed by atoms with Crippen LogP contribution in [0.15, 0.2) is 29.3 Å². The molecule has 1 aromatic heterocycles. The molecule has 1 heterocycles. The minimum Gasteiger partial charge on any atom is -0.869 e. The summed E-state index contributed by atoms with van der Waals surface area (Å²) in [4.78, 5) is 11.1. The Kier molecular flexibility index (Phi) is 5.58. The molecule has 0 aliphatic heterocycles. The van der Waals surface area contributed by atoms with Gasteiger partial charge in [-0.05, 0) is 23.3 Å². The van der Waals surface area contributed by atoms with Gasteiger partial charge in [-0.25, -0.2) is 0 Å². The maximum absolute atomic E-state index is 11.7. The quantitative estimate of drug-likeness (QED) is 0.282. The monoisotopic (exact) mass is 244 g/mol. The van der Waals surface area contributed by atoms with Crippen molar-refractivity contribution in [1.82, 2.24) is 0 Å². The zero-order valence-corrected chi connectivity index (χ0v) is 10.5. The van der Waals surface area contributed by atoms with Gasteiger partial charge in [0.2, 0.25) is 0 Å². The molecule has 76 valence electrons. The Hall–Kier alpha value is -0.300. The van der Waals surface area contributed by atoms with Crippen LogP contribution in [0.5, 0.6) is 0 Å². The Labute approximate surface area is 110 Å². The second-order valence-electron chi connectivity index (χ2n) is 2.35. The van der Waals surface area contributed by atoms with Gasteiger partial charge in [-0.1, -0.05) is 6.07 Å². The summed E-state index contributed by atoms with van der Waals surface area (Å²) in [6.45, 7) is 0. The van der Waals surface area contributed by atoms with Crippen molar-refractivity contribution in [3.63, 3.8) is 0 Å². The molecule has 1 aromatic rings. The van der Waals surface area contributed by atoms with Crippen molar-refractivity contribution in [3.8, 4) is 0 Å². The van der Waals surface area contributed by atoms with Crippen molar-refractivity contribution in [3.05, 3.63) is 34.2 Å². The van der Waals surface area contributed by atoms with Crippen LogP contribution in [-0.2, 0) is 0 Å². The predicted octanol–water partition coefficient (Wildman–Crippen LogP) is -1.26. The van der Waals surface area contributed by atoms with Crippen molar-refractivity contribution in [2.75, 3.05) is 0 Å². The molecule has 0 aromatic carbocycles. The van der Waals surface area contributed by atoms with Crippen LogP contribution in [0, 0.1) is 0 Å². The maximum atomic E-state index is 11.7. The van der Waals surface area contributed by atoms with Crippen LogP contribution >= 0.6 is 11.3 Å². The fourth-order valence-electron chi connectivity index (χ4n) is 0.691. The van der Waals surface area contributed by atoms with E-state index in [0.717, 1.165) is 11.3 Å². The van der Waals surface area contributed by atoms with Gasteiger partial charge in [-0.15, -0.1) is 11.3 Å². The second kappa shape index (κ2) is 5.69. The Bertz CT molecular complexity index is 356. The van der Waals surface area contributed by atoms with Gasteiger partial charge in [0.25, 0.3) is 0 Å². The summed E-state index contributed by atoms with van der Waals surface area (Å²) in [6.07, 6.45) is -4.92. The molecular formula is C8H4F3NaO2S. The summed E-state index contributed by atoms with van der Waals surface area (Å²) in [5.74, 6) is -3.04. The average Bonchev–Trinajstić information content (AvgIpc) is 2.53. The maximum Gasteiger partial charge on any atom is 1.00 e. The molecule has 15 heavy (non-hydrogen) atoms. The molecule has 0 unspecified atom stereocenters. The summed E-state index contributed by atoms with van der Waals surface area (Å²) in [7, 11) is 0. The topological polar surface area (TPSA) is 40.1 Å². The largest absolute Gasteiger partial charge is 1.00 e. The van der Waals surface area contributed by atoms with Gasteiger partial charge in [0.05, 0.1) is 4.88 Å². The molecule has 7 heteroatoms. The van der Waals surface area contributed by atoms with E-state index in [9.17, 15) is 23.1 Å². The van der Waals surface area contributed by atoms with Crippen LogP contribution in [0.1, 0.15) is 9.67 Å². The molecule has 0 spiro atoms. The number of ketones is 1. The van der Waals surface area contributed by atoms with E-state index in [-0.39, 0.29) is 40.5 Å². The summed E-state index contributed by atoms with van der Waals surface area (Å²) in [6, 6.07) is 2.87. The van der Waals surface area contributed by atoms with E-state index in [1.807, 2.05) is 0 Å². The molecule has 0 saturated carbocycles. The number of halogens is 3. The van der Waals surface area contributed by atoms with E-state index in [4.69, 9.17) is 0 Å². The number of hydrogen-bond donors (Lipinski definition) is 0.